The summed E-state index contributed by atoms with van der Waals surface area (Å²) in [6.07, 6.45) is 6.03. The number of rotatable bonds is 5. The van der Waals surface area contributed by atoms with E-state index in [2.05, 4.69) is 28.6 Å². The number of amides is 1. The average Bonchev–Trinajstić information content (AvgIpc) is 2.92. The van der Waals surface area contributed by atoms with Crippen LogP contribution in [0.2, 0.25) is 0 Å². The molecule has 2 rings (SSSR count). The van der Waals surface area contributed by atoms with Crippen LogP contribution < -0.4 is 5.32 Å². The van der Waals surface area contributed by atoms with E-state index in [1.54, 1.807) is 0 Å². The summed E-state index contributed by atoms with van der Waals surface area (Å²) >= 11 is 0. The fraction of sp³-hybridized carbons (Fsp3) is 0.667. The maximum Gasteiger partial charge on any atom is 0.223 e. The monoisotopic (exact) mass is 263 g/mol. The normalized spacial score (nSPS) is 17.8. The second-order valence-corrected chi connectivity index (χ2v) is 5.62. The van der Waals surface area contributed by atoms with Crippen LogP contribution in [0.25, 0.3) is 0 Å². The van der Waals surface area contributed by atoms with Gasteiger partial charge in [0.25, 0.3) is 0 Å². The molecular weight excluding hydrogens is 238 g/mol. The van der Waals surface area contributed by atoms with Gasteiger partial charge >= 0.3 is 0 Å². The molecule has 1 amide bonds. The van der Waals surface area contributed by atoms with Crippen molar-refractivity contribution in [3.63, 3.8) is 0 Å². The van der Waals surface area contributed by atoms with E-state index in [0.717, 1.165) is 39.0 Å². The van der Waals surface area contributed by atoms with Gasteiger partial charge in [0.15, 0.2) is 0 Å². The summed E-state index contributed by atoms with van der Waals surface area (Å²) in [5.74, 6) is 0.440. The molecule has 19 heavy (non-hydrogen) atoms. The third kappa shape index (κ3) is 4.10. The molecule has 0 radical (unpaired) electrons. The first-order valence-electron chi connectivity index (χ1n) is 7.29. The average molecular weight is 263 g/mol. The van der Waals surface area contributed by atoms with Crippen LogP contribution in [0.15, 0.2) is 24.5 Å². The first-order valence-corrected chi connectivity index (χ1v) is 7.29. The highest BCUT2D eigenvalue weighted by Gasteiger charge is 2.25. The third-order valence-electron chi connectivity index (χ3n) is 3.97. The zero-order valence-corrected chi connectivity index (χ0v) is 12.0. The van der Waals surface area contributed by atoms with Gasteiger partial charge < -0.3 is 14.8 Å². The Balaban J connectivity index is 1.67. The highest BCUT2D eigenvalue weighted by Crippen LogP contribution is 2.18. The molecular formula is C15H25N3O. The summed E-state index contributed by atoms with van der Waals surface area (Å²) in [6.45, 7) is 8.11. The van der Waals surface area contributed by atoms with Crippen LogP contribution in [0.5, 0.6) is 0 Å². The van der Waals surface area contributed by atoms with E-state index in [1.165, 1.54) is 0 Å². The molecule has 1 aliphatic heterocycles. The van der Waals surface area contributed by atoms with E-state index < -0.39 is 0 Å². The van der Waals surface area contributed by atoms with Crippen LogP contribution in [0.4, 0.5) is 0 Å². The lowest BCUT2D eigenvalue weighted by molar-refractivity contribution is -0.126. The van der Waals surface area contributed by atoms with Crippen molar-refractivity contribution >= 4 is 5.91 Å². The van der Waals surface area contributed by atoms with Gasteiger partial charge in [-0.3, -0.25) is 4.79 Å². The number of hydrogen-bond acceptors (Lipinski definition) is 2. The van der Waals surface area contributed by atoms with E-state index in [0.29, 0.717) is 6.04 Å². The Kier molecular flexibility index (Phi) is 5.02. The molecule has 0 bridgehead atoms. The molecule has 1 aromatic heterocycles. The van der Waals surface area contributed by atoms with Crippen molar-refractivity contribution < 1.29 is 4.79 Å². The van der Waals surface area contributed by atoms with E-state index in [-0.39, 0.29) is 11.8 Å². The molecule has 1 N–H and O–H groups in total. The van der Waals surface area contributed by atoms with Gasteiger partial charge in [-0.15, -0.1) is 0 Å². The Morgan fingerprint density at radius 3 is 2.47 bits per heavy atom. The maximum atomic E-state index is 12.1. The molecule has 0 atom stereocenters. The fourth-order valence-electron chi connectivity index (χ4n) is 2.65. The second-order valence-electron chi connectivity index (χ2n) is 5.62. The molecule has 4 nitrogen and oxygen atoms in total. The summed E-state index contributed by atoms with van der Waals surface area (Å²) in [4.78, 5) is 14.5. The molecule has 1 aromatic rings. The molecule has 0 unspecified atom stereocenters. The second kappa shape index (κ2) is 6.75. The molecule has 1 fully saturated rings. The maximum absolute atomic E-state index is 12.1. The molecule has 2 heterocycles. The topological polar surface area (TPSA) is 37.3 Å². The number of carbonyl (C=O) groups is 1. The molecule has 106 valence electrons. The molecule has 1 saturated heterocycles. The predicted molar refractivity (Wildman–Crippen MR) is 76.9 cm³/mol. The summed E-state index contributed by atoms with van der Waals surface area (Å²) in [5.41, 5.74) is 0. The standard InChI is InChI=1S/C15H25N3O/c1-13(2)18-10-5-14(6-11-18)15(19)16-7-12-17-8-3-4-9-17/h3-4,8-9,13-14H,5-7,10-12H2,1-2H3,(H,16,19). The highest BCUT2D eigenvalue weighted by atomic mass is 16.1. The number of piperidine rings is 1. The smallest absolute Gasteiger partial charge is 0.223 e. The Labute approximate surface area is 115 Å². The predicted octanol–water partition coefficient (Wildman–Crippen LogP) is 1.72. The Hall–Kier alpha value is -1.29. The zero-order chi connectivity index (χ0) is 13.7. The van der Waals surface area contributed by atoms with Crippen molar-refractivity contribution in [3.8, 4) is 0 Å². The lowest BCUT2D eigenvalue weighted by Crippen LogP contribution is -2.43. The number of likely N-dealkylation sites (tertiary alicyclic amines) is 1. The molecule has 4 heteroatoms. The van der Waals surface area contributed by atoms with E-state index in [4.69, 9.17) is 0 Å². The van der Waals surface area contributed by atoms with Crippen LogP contribution in [0.3, 0.4) is 0 Å². The van der Waals surface area contributed by atoms with Crippen molar-refractivity contribution in [3.05, 3.63) is 24.5 Å². The van der Waals surface area contributed by atoms with Crippen molar-refractivity contribution in [1.82, 2.24) is 14.8 Å². The Bertz CT molecular complexity index is 378. The Morgan fingerprint density at radius 1 is 1.26 bits per heavy atom. The zero-order valence-electron chi connectivity index (χ0n) is 12.0. The summed E-state index contributed by atoms with van der Waals surface area (Å²) in [7, 11) is 0. The van der Waals surface area contributed by atoms with Gasteiger partial charge in [-0.05, 0) is 51.9 Å². The lowest BCUT2D eigenvalue weighted by atomic mass is 9.95. The quantitative estimate of drug-likeness (QED) is 0.878. The number of nitrogens with zero attached hydrogens (tertiary/aromatic N) is 2. The van der Waals surface area contributed by atoms with Crippen molar-refractivity contribution in [1.29, 1.82) is 0 Å². The van der Waals surface area contributed by atoms with Gasteiger partial charge in [0.05, 0.1) is 0 Å². The number of nitrogens with one attached hydrogen (secondary N) is 1. The fourth-order valence-corrected chi connectivity index (χ4v) is 2.65. The molecule has 0 spiro atoms. The number of hydrogen-bond donors (Lipinski definition) is 1. The number of carbonyl (C=O) groups excluding carboxylic acids is 1. The summed E-state index contributed by atoms with van der Waals surface area (Å²) < 4.78 is 2.08. The minimum absolute atomic E-state index is 0.208. The lowest BCUT2D eigenvalue weighted by Gasteiger charge is -2.33. The van der Waals surface area contributed by atoms with E-state index >= 15 is 0 Å². The SMILES string of the molecule is CC(C)N1CCC(C(=O)NCCn2cccc2)CC1. The van der Waals surface area contributed by atoms with Crippen molar-refractivity contribution in [2.75, 3.05) is 19.6 Å². The van der Waals surface area contributed by atoms with Crippen LogP contribution in [0.1, 0.15) is 26.7 Å². The summed E-state index contributed by atoms with van der Waals surface area (Å²) in [6, 6.07) is 4.60. The molecule has 0 saturated carbocycles. The van der Waals surface area contributed by atoms with Crippen LogP contribution in [0, 0.1) is 5.92 Å². The molecule has 0 aliphatic carbocycles. The van der Waals surface area contributed by atoms with Gasteiger partial charge in [0.1, 0.15) is 0 Å². The van der Waals surface area contributed by atoms with Gasteiger partial charge in [0, 0.05) is 37.4 Å². The highest BCUT2D eigenvalue weighted by molar-refractivity contribution is 5.78. The van der Waals surface area contributed by atoms with Crippen LogP contribution in [-0.4, -0.2) is 41.1 Å². The third-order valence-corrected chi connectivity index (χ3v) is 3.97. The summed E-state index contributed by atoms with van der Waals surface area (Å²) in [5, 5.41) is 3.06. The molecule has 1 aliphatic rings. The molecule has 0 aromatic carbocycles. The van der Waals surface area contributed by atoms with Crippen molar-refractivity contribution in [2.45, 2.75) is 39.3 Å². The minimum atomic E-state index is 0.208. The van der Waals surface area contributed by atoms with Crippen LogP contribution >= 0.6 is 0 Å². The Morgan fingerprint density at radius 2 is 1.89 bits per heavy atom. The van der Waals surface area contributed by atoms with Gasteiger partial charge in [-0.1, -0.05) is 0 Å². The van der Waals surface area contributed by atoms with Gasteiger partial charge in [-0.2, -0.15) is 0 Å². The van der Waals surface area contributed by atoms with E-state index in [1.807, 2.05) is 24.5 Å². The number of aromatic nitrogens is 1. The first-order chi connectivity index (χ1) is 9.16. The first kappa shape index (κ1) is 14.1. The van der Waals surface area contributed by atoms with Gasteiger partial charge in [-0.25, -0.2) is 0 Å². The van der Waals surface area contributed by atoms with Gasteiger partial charge in [0.2, 0.25) is 5.91 Å². The largest absolute Gasteiger partial charge is 0.354 e. The van der Waals surface area contributed by atoms with Crippen molar-refractivity contribution in [2.24, 2.45) is 5.92 Å². The minimum Gasteiger partial charge on any atom is -0.354 e. The van der Waals surface area contributed by atoms with E-state index in [9.17, 15) is 4.79 Å². The van der Waals surface area contributed by atoms with Crippen LogP contribution in [-0.2, 0) is 11.3 Å².